The monoisotopic (exact) mass is 338 g/mol. The highest BCUT2D eigenvalue weighted by Gasteiger charge is 2.16. The van der Waals surface area contributed by atoms with Crippen molar-refractivity contribution in [3.63, 3.8) is 0 Å². The zero-order valence-corrected chi connectivity index (χ0v) is 14.5. The first-order valence-electron chi connectivity index (χ1n) is 8.03. The lowest BCUT2D eigenvalue weighted by Crippen LogP contribution is -2.08. The number of ketones is 1. The summed E-state index contributed by atoms with van der Waals surface area (Å²) < 4.78 is 10.9. The van der Waals surface area contributed by atoms with Gasteiger partial charge in [-0.2, -0.15) is 0 Å². The topological polar surface area (TPSA) is 55.8 Å². The van der Waals surface area contributed by atoms with Crippen LogP contribution >= 0.6 is 0 Å². The van der Waals surface area contributed by atoms with E-state index in [0.29, 0.717) is 23.5 Å². The van der Waals surface area contributed by atoms with E-state index >= 15 is 0 Å². The van der Waals surface area contributed by atoms with Gasteiger partial charge in [0.1, 0.15) is 17.3 Å². The molecule has 2 aromatic carbocycles. The molecule has 25 heavy (non-hydrogen) atoms. The second kappa shape index (κ2) is 8.85. The Kier molecular flexibility index (Phi) is 6.54. The van der Waals surface area contributed by atoms with Crippen LogP contribution in [0.15, 0.2) is 60.9 Å². The Balaban J connectivity index is 0.000000701. The van der Waals surface area contributed by atoms with Gasteiger partial charge in [0.05, 0.1) is 12.7 Å². The number of Topliss-reactive ketones (excluding diaryl/α,β-unsaturated/α-hetero) is 1. The molecule has 0 fully saturated rings. The Morgan fingerprint density at radius 2 is 1.92 bits per heavy atom. The summed E-state index contributed by atoms with van der Waals surface area (Å²) in [6.45, 7) is 5.81. The molecule has 1 heterocycles. The van der Waals surface area contributed by atoms with Crippen LogP contribution in [0.5, 0.6) is 11.5 Å². The van der Waals surface area contributed by atoms with Crippen LogP contribution in [0.4, 0.5) is 0 Å². The van der Waals surface area contributed by atoms with E-state index in [1.807, 2.05) is 36.4 Å². The molecule has 0 amide bonds. The third-order valence-corrected chi connectivity index (χ3v) is 3.58. The van der Waals surface area contributed by atoms with Gasteiger partial charge in [-0.1, -0.05) is 30.9 Å². The molecule has 0 aromatic heterocycles. The Morgan fingerprint density at radius 3 is 2.64 bits per heavy atom. The van der Waals surface area contributed by atoms with E-state index in [-0.39, 0.29) is 12.4 Å². The second-order valence-corrected chi connectivity index (χ2v) is 5.38. The van der Waals surface area contributed by atoms with Crippen molar-refractivity contribution in [2.24, 2.45) is 0 Å². The first kappa shape index (κ1) is 18.5. The molecular formula is C21H22O4. The van der Waals surface area contributed by atoms with Crippen LogP contribution in [0, 0.1) is 0 Å². The lowest BCUT2D eigenvalue weighted by Gasteiger charge is -2.14. The van der Waals surface area contributed by atoms with Gasteiger partial charge in [-0.05, 0) is 48.4 Å². The average molecular weight is 338 g/mol. The number of carbonyl (C=O) groups excluding carboxylic acids is 1. The predicted molar refractivity (Wildman–Crippen MR) is 99.0 cm³/mol. The van der Waals surface area contributed by atoms with Crippen molar-refractivity contribution in [3.8, 4) is 11.5 Å². The molecule has 2 aromatic rings. The van der Waals surface area contributed by atoms with E-state index in [2.05, 4.69) is 6.58 Å². The summed E-state index contributed by atoms with van der Waals surface area (Å²) >= 11 is 0. The van der Waals surface area contributed by atoms with Crippen molar-refractivity contribution in [2.45, 2.75) is 13.3 Å². The van der Waals surface area contributed by atoms with E-state index in [9.17, 15) is 4.79 Å². The largest absolute Gasteiger partial charge is 0.497 e. The third kappa shape index (κ3) is 4.81. The number of benzene rings is 2. The van der Waals surface area contributed by atoms with E-state index in [1.54, 1.807) is 32.2 Å². The van der Waals surface area contributed by atoms with Gasteiger partial charge in [-0.3, -0.25) is 4.79 Å². The summed E-state index contributed by atoms with van der Waals surface area (Å²) in [5, 5.41) is 7.57. The number of ether oxygens (including phenoxy) is 2. The van der Waals surface area contributed by atoms with Gasteiger partial charge in [0, 0.05) is 13.0 Å². The van der Waals surface area contributed by atoms with E-state index in [1.165, 1.54) is 0 Å². The van der Waals surface area contributed by atoms with Crippen molar-refractivity contribution in [2.75, 3.05) is 13.7 Å². The smallest absolute Gasteiger partial charge is 0.171 e. The standard InChI is InChI=1S/C19H16O3.C2H6O/c1-13-7-8-14-11-16(21-2)10-9-15(14)12-18(20)17-5-3-4-6-19(17)22-13;1-2-3/h3-11H,1,12H2,2H3;3H,2H2,1H3/b8-7-;. The zero-order chi connectivity index (χ0) is 18.2. The molecule has 1 N–H and O–H groups in total. The number of hydrogen-bond acceptors (Lipinski definition) is 4. The molecule has 130 valence electrons. The Labute approximate surface area is 148 Å². The number of hydrogen-bond donors (Lipinski definition) is 1. The fraction of sp³-hybridized carbons (Fsp3) is 0.190. The van der Waals surface area contributed by atoms with Crippen molar-refractivity contribution in [1.29, 1.82) is 0 Å². The summed E-state index contributed by atoms with van der Waals surface area (Å²) in [5.41, 5.74) is 2.45. The van der Waals surface area contributed by atoms with E-state index in [4.69, 9.17) is 14.6 Å². The van der Waals surface area contributed by atoms with Crippen LogP contribution in [0.3, 0.4) is 0 Å². The molecule has 3 rings (SSSR count). The number of para-hydroxylation sites is 1. The highest BCUT2D eigenvalue weighted by Crippen LogP contribution is 2.27. The predicted octanol–water partition coefficient (Wildman–Crippen LogP) is 4.04. The van der Waals surface area contributed by atoms with Crippen LogP contribution in [-0.4, -0.2) is 24.6 Å². The Bertz CT molecular complexity index is 790. The van der Waals surface area contributed by atoms with Crippen molar-refractivity contribution in [3.05, 3.63) is 77.6 Å². The minimum atomic E-state index is 0.0186. The molecule has 0 saturated heterocycles. The number of carbonyl (C=O) groups is 1. The maximum Gasteiger partial charge on any atom is 0.171 e. The number of allylic oxidation sites excluding steroid dienone is 1. The van der Waals surface area contributed by atoms with Crippen molar-refractivity contribution in [1.82, 2.24) is 0 Å². The molecule has 0 radical (unpaired) electrons. The number of fused-ring (bicyclic) bond motifs is 2. The van der Waals surface area contributed by atoms with Gasteiger partial charge in [0.15, 0.2) is 5.78 Å². The van der Waals surface area contributed by atoms with E-state index < -0.39 is 0 Å². The minimum absolute atomic E-state index is 0.0186. The molecule has 1 aliphatic rings. The van der Waals surface area contributed by atoms with Crippen LogP contribution < -0.4 is 9.47 Å². The molecule has 4 heteroatoms. The SMILES string of the molecule is C=C1/C=C\c2cc(OC)ccc2CC(=O)c2ccccc2O1.CCO. The van der Waals surface area contributed by atoms with Crippen LogP contribution in [0.2, 0.25) is 0 Å². The highest BCUT2D eigenvalue weighted by atomic mass is 16.5. The van der Waals surface area contributed by atoms with Gasteiger partial charge in [-0.25, -0.2) is 0 Å². The van der Waals surface area contributed by atoms with Gasteiger partial charge >= 0.3 is 0 Å². The van der Waals surface area contributed by atoms with E-state index in [0.717, 1.165) is 16.9 Å². The quantitative estimate of drug-likeness (QED) is 0.853. The minimum Gasteiger partial charge on any atom is -0.497 e. The second-order valence-electron chi connectivity index (χ2n) is 5.38. The number of methoxy groups -OCH3 is 1. The average Bonchev–Trinajstić information content (AvgIpc) is 2.61. The van der Waals surface area contributed by atoms with Crippen LogP contribution in [0.1, 0.15) is 28.4 Å². The van der Waals surface area contributed by atoms with Crippen LogP contribution in [-0.2, 0) is 6.42 Å². The molecule has 0 unspecified atom stereocenters. The third-order valence-electron chi connectivity index (χ3n) is 3.58. The number of aliphatic hydroxyl groups excluding tert-OH is 1. The van der Waals surface area contributed by atoms with Gasteiger partial charge in [0.25, 0.3) is 0 Å². The number of aliphatic hydroxyl groups is 1. The molecule has 4 nitrogen and oxygen atoms in total. The lowest BCUT2D eigenvalue weighted by molar-refractivity contribution is 0.0990. The lowest BCUT2D eigenvalue weighted by atomic mass is 9.97. The fourth-order valence-corrected chi connectivity index (χ4v) is 2.43. The van der Waals surface area contributed by atoms with Gasteiger partial charge in [-0.15, -0.1) is 0 Å². The molecule has 0 atom stereocenters. The first-order valence-corrected chi connectivity index (χ1v) is 8.03. The molecule has 1 aliphatic heterocycles. The normalized spacial score (nSPS) is 14.2. The Morgan fingerprint density at radius 1 is 1.20 bits per heavy atom. The molecular weight excluding hydrogens is 316 g/mol. The molecule has 0 saturated carbocycles. The van der Waals surface area contributed by atoms with Gasteiger partial charge in [0.2, 0.25) is 0 Å². The maximum absolute atomic E-state index is 12.6. The summed E-state index contributed by atoms with van der Waals surface area (Å²) in [6, 6.07) is 12.9. The molecule has 0 aliphatic carbocycles. The zero-order valence-electron chi connectivity index (χ0n) is 14.5. The summed E-state index contributed by atoms with van der Waals surface area (Å²) in [4.78, 5) is 12.6. The van der Waals surface area contributed by atoms with Crippen molar-refractivity contribution >= 4 is 11.9 Å². The maximum atomic E-state index is 12.6. The Hall–Kier alpha value is -2.85. The summed E-state index contributed by atoms with van der Waals surface area (Å²) in [7, 11) is 1.62. The fourth-order valence-electron chi connectivity index (χ4n) is 2.43. The molecule has 0 bridgehead atoms. The summed E-state index contributed by atoms with van der Waals surface area (Å²) in [5.74, 6) is 1.79. The summed E-state index contributed by atoms with van der Waals surface area (Å²) in [6.07, 6.45) is 4.00. The number of rotatable bonds is 1. The van der Waals surface area contributed by atoms with Crippen LogP contribution in [0.25, 0.3) is 6.08 Å². The molecule has 0 spiro atoms. The van der Waals surface area contributed by atoms with Crippen molar-refractivity contribution < 1.29 is 19.4 Å². The first-order chi connectivity index (χ1) is 12.1. The highest BCUT2D eigenvalue weighted by molar-refractivity contribution is 6.00. The van der Waals surface area contributed by atoms with Gasteiger partial charge < -0.3 is 14.6 Å².